The summed E-state index contributed by atoms with van der Waals surface area (Å²) < 4.78 is 0.353. The van der Waals surface area contributed by atoms with E-state index in [-0.39, 0.29) is 0 Å². The van der Waals surface area contributed by atoms with Crippen molar-refractivity contribution in [2.75, 3.05) is 13.6 Å². The monoisotopic (exact) mass is 231 g/mol. The Morgan fingerprint density at radius 1 is 1.07 bits per heavy atom. The normalized spacial score (nSPS) is 15.4. The highest BCUT2D eigenvalue weighted by molar-refractivity contribution is 8.01. The average molecular weight is 231 g/mol. The van der Waals surface area contributed by atoms with Crippen LogP contribution in [0.15, 0.2) is 0 Å². The van der Waals surface area contributed by atoms with Gasteiger partial charge in [0.2, 0.25) is 0 Å². The molecule has 0 fully saturated rings. The molecule has 0 bridgehead atoms. The van der Waals surface area contributed by atoms with Crippen LogP contribution in [0, 0.1) is 5.92 Å². The zero-order valence-electron chi connectivity index (χ0n) is 11.8. The second-order valence-corrected chi connectivity index (χ2v) is 8.11. The molecule has 92 valence electrons. The van der Waals surface area contributed by atoms with Gasteiger partial charge < -0.3 is 4.90 Å². The summed E-state index contributed by atoms with van der Waals surface area (Å²) in [6, 6.07) is 0.664. The van der Waals surface area contributed by atoms with Crippen molar-refractivity contribution >= 4 is 11.8 Å². The standard InChI is InChI=1S/C13H29NS/c1-10(2)12(5)14(8)9-13(6,7)15-11(3)4/h10-12H,9H2,1-8H3/t12-/m1/s1. The van der Waals surface area contributed by atoms with Crippen LogP contribution in [-0.4, -0.2) is 34.5 Å². The fourth-order valence-electron chi connectivity index (χ4n) is 1.93. The average Bonchev–Trinajstić information content (AvgIpc) is 1.98. The Morgan fingerprint density at radius 3 is 1.87 bits per heavy atom. The first-order valence-electron chi connectivity index (χ1n) is 6.04. The van der Waals surface area contributed by atoms with Gasteiger partial charge in [0.1, 0.15) is 0 Å². The highest BCUT2D eigenvalue weighted by Gasteiger charge is 2.24. The van der Waals surface area contributed by atoms with Crippen LogP contribution in [0.2, 0.25) is 0 Å². The molecule has 1 atom stereocenters. The molecule has 0 saturated carbocycles. The number of hydrogen-bond donors (Lipinski definition) is 0. The van der Waals surface area contributed by atoms with Crippen molar-refractivity contribution in [1.29, 1.82) is 0 Å². The van der Waals surface area contributed by atoms with Crippen LogP contribution in [0.1, 0.15) is 48.5 Å². The molecule has 0 N–H and O–H groups in total. The van der Waals surface area contributed by atoms with Gasteiger partial charge in [-0.15, -0.1) is 0 Å². The summed E-state index contributed by atoms with van der Waals surface area (Å²) >= 11 is 2.07. The van der Waals surface area contributed by atoms with Crippen molar-refractivity contribution < 1.29 is 0 Å². The fourth-order valence-corrected chi connectivity index (χ4v) is 3.48. The van der Waals surface area contributed by atoms with Gasteiger partial charge in [-0.1, -0.05) is 27.7 Å². The van der Waals surface area contributed by atoms with E-state index in [2.05, 4.69) is 72.2 Å². The topological polar surface area (TPSA) is 3.24 Å². The minimum atomic E-state index is 0.353. The molecule has 0 aliphatic rings. The first kappa shape index (κ1) is 15.3. The SMILES string of the molecule is CC(C)SC(C)(C)CN(C)[C@H](C)C(C)C. The summed E-state index contributed by atoms with van der Waals surface area (Å²) in [7, 11) is 2.24. The lowest BCUT2D eigenvalue weighted by atomic mass is 10.0. The van der Waals surface area contributed by atoms with Gasteiger partial charge in [-0.05, 0) is 39.0 Å². The van der Waals surface area contributed by atoms with E-state index in [0.29, 0.717) is 16.0 Å². The van der Waals surface area contributed by atoms with Crippen LogP contribution in [0.5, 0.6) is 0 Å². The van der Waals surface area contributed by atoms with Crippen molar-refractivity contribution in [3.05, 3.63) is 0 Å². The van der Waals surface area contributed by atoms with E-state index in [1.165, 1.54) is 0 Å². The van der Waals surface area contributed by atoms with Crippen LogP contribution in [0.25, 0.3) is 0 Å². The van der Waals surface area contributed by atoms with Crippen molar-refractivity contribution in [3.63, 3.8) is 0 Å². The maximum Gasteiger partial charge on any atom is 0.0233 e. The Labute approximate surface area is 101 Å². The molecular weight excluding hydrogens is 202 g/mol. The molecule has 2 heteroatoms. The summed E-state index contributed by atoms with van der Waals surface area (Å²) in [6.45, 7) is 17.3. The summed E-state index contributed by atoms with van der Waals surface area (Å²) in [6.07, 6.45) is 0. The van der Waals surface area contributed by atoms with E-state index in [4.69, 9.17) is 0 Å². The molecule has 15 heavy (non-hydrogen) atoms. The molecule has 0 aromatic rings. The van der Waals surface area contributed by atoms with Crippen molar-refractivity contribution in [1.82, 2.24) is 4.90 Å². The number of thioether (sulfide) groups is 1. The van der Waals surface area contributed by atoms with E-state index in [1.54, 1.807) is 0 Å². The molecule has 0 spiro atoms. The first-order chi connectivity index (χ1) is 6.65. The van der Waals surface area contributed by atoms with Crippen LogP contribution < -0.4 is 0 Å². The quantitative estimate of drug-likeness (QED) is 0.682. The van der Waals surface area contributed by atoms with Crippen LogP contribution in [0.3, 0.4) is 0 Å². The van der Waals surface area contributed by atoms with Gasteiger partial charge >= 0.3 is 0 Å². The minimum Gasteiger partial charge on any atom is -0.302 e. The molecule has 1 nitrogen and oxygen atoms in total. The van der Waals surface area contributed by atoms with Crippen LogP contribution in [-0.2, 0) is 0 Å². The zero-order chi connectivity index (χ0) is 12.2. The van der Waals surface area contributed by atoms with Gasteiger partial charge in [0.15, 0.2) is 0 Å². The van der Waals surface area contributed by atoms with E-state index < -0.39 is 0 Å². The molecule has 0 aliphatic carbocycles. The Hall–Kier alpha value is 0.310. The van der Waals surface area contributed by atoms with Gasteiger partial charge in [0, 0.05) is 17.3 Å². The maximum absolute atomic E-state index is 2.49. The van der Waals surface area contributed by atoms with Gasteiger partial charge in [-0.3, -0.25) is 0 Å². The predicted molar refractivity (Wildman–Crippen MR) is 73.7 cm³/mol. The molecule has 0 rings (SSSR count). The maximum atomic E-state index is 2.49. The summed E-state index contributed by atoms with van der Waals surface area (Å²) in [4.78, 5) is 2.49. The Morgan fingerprint density at radius 2 is 1.53 bits per heavy atom. The van der Waals surface area contributed by atoms with Crippen LogP contribution >= 0.6 is 11.8 Å². The van der Waals surface area contributed by atoms with Crippen molar-refractivity contribution in [2.24, 2.45) is 5.92 Å². The molecule has 0 heterocycles. The molecule has 0 aromatic heterocycles. The smallest absolute Gasteiger partial charge is 0.0233 e. The molecule has 0 aliphatic heterocycles. The second-order valence-electron chi connectivity index (χ2n) is 5.83. The number of rotatable bonds is 6. The molecular formula is C13H29NS. The predicted octanol–water partition coefficient (Wildman–Crippen LogP) is 3.88. The molecule has 0 radical (unpaired) electrons. The highest BCUT2D eigenvalue weighted by atomic mass is 32.2. The minimum absolute atomic E-state index is 0.353. The van der Waals surface area contributed by atoms with Crippen molar-refractivity contribution in [3.8, 4) is 0 Å². The molecule has 0 amide bonds. The van der Waals surface area contributed by atoms with Gasteiger partial charge in [0.05, 0.1) is 0 Å². The zero-order valence-corrected chi connectivity index (χ0v) is 12.6. The van der Waals surface area contributed by atoms with Gasteiger partial charge in [-0.2, -0.15) is 11.8 Å². The lowest BCUT2D eigenvalue weighted by Gasteiger charge is -2.36. The summed E-state index contributed by atoms with van der Waals surface area (Å²) in [5, 5.41) is 0.711. The lowest BCUT2D eigenvalue weighted by molar-refractivity contribution is 0.196. The number of hydrogen-bond acceptors (Lipinski definition) is 2. The third-order valence-corrected chi connectivity index (χ3v) is 4.08. The van der Waals surface area contributed by atoms with Gasteiger partial charge in [-0.25, -0.2) is 0 Å². The van der Waals surface area contributed by atoms with Gasteiger partial charge in [0.25, 0.3) is 0 Å². The number of nitrogens with zero attached hydrogens (tertiary/aromatic N) is 1. The Balaban J connectivity index is 4.20. The Kier molecular flexibility index (Phi) is 6.27. The molecule has 0 aromatic carbocycles. The third-order valence-electron chi connectivity index (χ3n) is 2.84. The molecule has 0 unspecified atom stereocenters. The van der Waals surface area contributed by atoms with Crippen molar-refractivity contribution in [2.45, 2.75) is 64.5 Å². The summed E-state index contributed by atoms with van der Waals surface area (Å²) in [5.41, 5.74) is 0. The first-order valence-corrected chi connectivity index (χ1v) is 6.91. The molecule has 0 saturated heterocycles. The highest BCUT2D eigenvalue weighted by Crippen LogP contribution is 2.29. The largest absolute Gasteiger partial charge is 0.302 e. The van der Waals surface area contributed by atoms with E-state index in [0.717, 1.165) is 12.5 Å². The second kappa shape index (κ2) is 6.15. The fraction of sp³-hybridized carbons (Fsp3) is 1.00. The van der Waals surface area contributed by atoms with E-state index in [1.807, 2.05) is 0 Å². The third kappa shape index (κ3) is 6.47. The summed E-state index contributed by atoms with van der Waals surface area (Å²) in [5.74, 6) is 0.731. The lowest BCUT2D eigenvalue weighted by Crippen LogP contribution is -2.42. The van der Waals surface area contributed by atoms with E-state index >= 15 is 0 Å². The Bertz CT molecular complexity index is 175. The van der Waals surface area contributed by atoms with Crippen LogP contribution in [0.4, 0.5) is 0 Å². The van der Waals surface area contributed by atoms with E-state index in [9.17, 15) is 0 Å².